The van der Waals surface area contributed by atoms with E-state index in [4.69, 9.17) is 0 Å². The Kier molecular flexibility index (Phi) is 3.94. The van der Waals surface area contributed by atoms with Crippen LogP contribution in [0.4, 0.5) is 0 Å². The number of Topliss-reactive ketones (excluding diaryl/α,β-unsaturated/α-hetero) is 1. The molecule has 94 valence electrons. The van der Waals surface area contributed by atoms with E-state index in [9.17, 15) is 4.79 Å². The lowest BCUT2D eigenvalue weighted by molar-refractivity contribution is -0.118. The minimum atomic E-state index is 0.271. The zero-order chi connectivity index (χ0) is 12.3. The third kappa shape index (κ3) is 3.97. The summed E-state index contributed by atoms with van der Waals surface area (Å²) in [4.78, 5) is 11.7. The summed E-state index contributed by atoms with van der Waals surface area (Å²) in [7, 11) is 0. The molecule has 0 radical (unpaired) electrons. The predicted octanol–water partition coefficient (Wildman–Crippen LogP) is 1.72. The van der Waals surface area contributed by atoms with Gasteiger partial charge in [0.25, 0.3) is 0 Å². The van der Waals surface area contributed by atoms with Crippen molar-refractivity contribution in [3.05, 3.63) is 18.0 Å². The molecule has 0 amide bonds. The van der Waals surface area contributed by atoms with Crippen LogP contribution >= 0.6 is 0 Å². The highest BCUT2D eigenvalue weighted by Gasteiger charge is 2.20. The van der Waals surface area contributed by atoms with Crippen molar-refractivity contribution in [1.82, 2.24) is 15.1 Å². The quantitative estimate of drug-likeness (QED) is 0.782. The van der Waals surface area contributed by atoms with Crippen molar-refractivity contribution in [2.24, 2.45) is 0 Å². The number of carbonyl (C=O) groups is 1. The molecule has 2 rings (SSSR count). The molecule has 17 heavy (non-hydrogen) atoms. The summed E-state index contributed by atoms with van der Waals surface area (Å²) in [6.45, 7) is 4.98. The largest absolute Gasteiger partial charge is 0.314 e. The average molecular weight is 235 g/mol. The second-order valence-corrected chi connectivity index (χ2v) is 5.07. The Hall–Kier alpha value is -1.16. The van der Waals surface area contributed by atoms with E-state index in [0.29, 0.717) is 24.9 Å². The molecule has 0 unspecified atom stereocenters. The summed E-state index contributed by atoms with van der Waals surface area (Å²) < 4.78 is 1.89. The SMILES string of the molecule is CC(C)n1ccc(CC(=O)CCNC2CC2)n1. The van der Waals surface area contributed by atoms with Gasteiger partial charge >= 0.3 is 0 Å². The van der Waals surface area contributed by atoms with Crippen molar-refractivity contribution in [1.29, 1.82) is 0 Å². The standard InChI is InChI=1S/C13H21N3O/c1-10(2)16-8-6-12(15-16)9-13(17)5-7-14-11-3-4-11/h6,8,10-11,14H,3-5,7,9H2,1-2H3. The molecule has 4 heteroatoms. The fraction of sp³-hybridized carbons (Fsp3) is 0.692. The second kappa shape index (κ2) is 5.45. The molecule has 1 aliphatic carbocycles. The summed E-state index contributed by atoms with van der Waals surface area (Å²) in [5.41, 5.74) is 0.884. The van der Waals surface area contributed by atoms with Gasteiger partial charge in [-0.25, -0.2) is 0 Å². The first-order chi connectivity index (χ1) is 8.15. The Bertz CT molecular complexity index is 380. The minimum Gasteiger partial charge on any atom is -0.314 e. The van der Waals surface area contributed by atoms with Gasteiger partial charge in [0.15, 0.2) is 0 Å². The molecule has 0 saturated heterocycles. The normalized spacial score (nSPS) is 15.5. The van der Waals surface area contributed by atoms with E-state index in [-0.39, 0.29) is 5.78 Å². The van der Waals surface area contributed by atoms with Crippen molar-refractivity contribution in [3.8, 4) is 0 Å². The number of nitrogens with zero attached hydrogens (tertiary/aromatic N) is 2. The maximum atomic E-state index is 11.7. The molecular formula is C13H21N3O. The van der Waals surface area contributed by atoms with Crippen molar-refractivity contribution in [2.75, 3.05) is 6.54 Å². The minimum absolute atomic E-state index is 0.271. The van der Waals surface area contributed by atoms with Gasteiger partial charge in [0.1, 0.15) is 5.78 Å². The van der Waals surface area contributed by atoms with Crippen molar-refractivity contribution < 1.29 is 4.79 Å². The van der Waals surface area contributed by atoms with Gasteiger partial charge in [-0.2, -0.15) is 5.10 Å². The van der Waals surface area contributed by atoms with E-state index in [2.05, 4.69) is 24.3 Å². The van der Waals surface area contributed by atoms with Crippen LogP contribution in [0.2, 0.25) is 0 Å². The lowest BCUT2D eigenvalue weighted by atomic mass is 10.2. The van der Waals surface area contributed by atoms with Crippen LogP contribution in [0, 0.1) is 0 Å². The molecule has 1 fully saturated rings. The lowest BCUT2D eigenvalue weighted by Gasteiger charge is -2.04. The summed E-state index contributed by atoms with van der Waals surface area (Å²) in [5, 5.41) is 7.73. The monoisotopic (exact) mass is 235 g/mol. The van der Waals surface area contributed by atoms with Crippen LogP contribution in [0.1, 0.15) is 44.8 Å². The first kappa shape index (κ1) is 12.3. The van der Waals surface area contributed by atoms with Gasteiger partial charge in [-0.3, -0.25) is 9.48 Å². The Morgan fingerprint density at radius 3 is 2.94 bits per heavy atom. The molecule has 1 aromatic rings. The summed E-state index contributed by atoms with van der Waals surface area (Å²) in [6, 6.07) is 2.98. The van der Waals surface area contributed by atoms with Crippen molar-refractivity contribution in [3.63, 3.8) is 0 Å². The van der Waals surface area contributed by atoms with Crippen molar-refractivity contribution in [2.45, 2.75) is 51.6 Å². The Morgan fingerprint density at radius 1 is 1.59 bits per heavy atom. The number of rotatable bonds is 7. The maximum absolute atomic E-state index is 11.7. The third-order valence-electron chi connectivity index (χ3n) is 2.99. The van der Waals surface area contributed by atoms with Crippen LogP contribution in [0.3, 0.4) is 0 Å². The fourth-order valence-corrected chi connectivity index (χ4v) is 1.75. The van der Waals surface area contributed by atoms with E-state index in [1.54, 1.807) is 0 Å². The molecule has 0 aromatic carbocycles. The van der Waals surface area contributed by atoms with Gasteiger partial charge in [-0.1, -0.05) is 0 Å². The molecule has 1 N–H and O–H groups in total. The average Bonchev–Trinajstić information content (AvgIpc) is 2.96. The van der Waals surface area contributed by atoms with E-state index in [1.807, 2.05) is 16.9 Å². The van der Waals surface area contributed by atoms with Crippen molar-refractivity contribution >= 4 is 5.78 Å². The van der Waals surface area contributed by atoms with E-state index >= 15 is 0 Å². The number of hydrogen-bond acceptors (Lipinski definition) is 3. The van der Waals surface area contributed by atoms with E-state index < -0.39 is 0 Å². The topological polar surface area (TPSA) is 46.9 Å². The predicted molar refractivity (Wildman–Crippen MR) is 67.0 cm³/mol. The first-order valence-electron chi connectivity index (χ1n) is 6.44. The lowest BCUT2D eigenvalue weighted by Crippen LogP contribution is -2.21. The first-order valence-corrected chi connectivity index (χ1v) is 6.44. The number of aromatic nitrogens is 2. The Morgan fingerprint density at radius 2 is 2.35 bits per heavy atom. The molecule has 0 atom stereocenters. The Labute approximate surface area is 102 Å². The Balaban J connectivity index is 1.72. The van der Waals surface area contributed by atoms with Crippen LogP contribution in [0.25, 0.3) is 0 Å². The molecule has 0 spiro atoms. The summed E-state index contributed by atoms with van der Waals surface area (Å²) >= 11 is 0. The molecule has 1 heterocycles. The van der Waals surface area contributed by atoms with Gasteiger partial charge in [-0.15, -0.1) is 0 Å². The smallest absolute Gasteiger partial charge is 0.140 e. The molecule has 0 aliphatic heterocycles. The van der Waals surface area contributed by atoms with Crippen LogP contribution in [0.15, 0.2) is 12.3 Å². The van der Waals surface area contributed by atoms with Gasteiger partial charge < -0.3 is 5.32 Å². The third-order valence-corrected chi connectivity index (χ3v) is 2.99. The highest BCUT2D eigenvalue weighted by Crippen LogP contribution is 2.18. The van der Waals surface area contributed by atoms with E-state index in [0.717, 1.165) is 12.2 Å². The fourth-order valence-electron chi connectivity index (χ4n) is 1.75. The van der Waals surface area contributed by atoms with Crippen LogP contribution in [0.5, 0.6) is 0 Å². The highest BCUT2D eigenvalue weighted by molar-refractivity contribution is 5.80. The molecule has 1 saturated carbocycles. The number of carbonyl (C=O) groups excluding carboxylic acids is 1. The van der Waals surface area contributed by atoms with Gasteiger partial charge in [0.2, 0.25) is 0 Å². The molecule has 1 aliphatic rings. The highest BCUT2D eigenvalue weighted by atomic mass is 16.1. The van der Waals surface area contributed by atoms with Crippen LogP contribution in [-0.2, 0) is 11.2 Å². The molecule has 0 bridgehead atoms. The van der Waals surface area contributed by atoms with Crippen LogP contribution in [-0.4, -0.2) is 28.2 Å². The zero-order valence-electron chi connectivity index (χ0n) is 10.6. The molecule has 1 aromatic heterocycles. The summed E-state index contributed by atoms with van der Waals surface area (Å²) in [6.07, 6.45) is 5.56. The molecule has 4 nitrogen and oxygen atoms in total. The van der Waals surface area contributed by atoms with E-state index in [1.165, 1.54) is 12.8 Å². The number of nitrogens with one attached hydrogen (secondary N) is 1. The summed E-state index contributed by atoms with van der Waals surface area (Å²) in [5.74, 6) is 0.271. The van der Waals surface area contributed by atoms with Gasteiger partial charge in [0, 0.05) is 31.2 Å². The van der Waals surface area contributed by atoms with Gasteiger partial charge in [0.05, 0.1) is 12.1 Å². The number of ketones is 1. The number of hydrogen-bond donors (Lipinski definition) is 1. The zero-order valence-corrected chi connectivity index (χ0v) is 10.6. The van der Waals surface area contributed by atoms with Crippen LogP contribution < -0.4 is 5.32 Å². The molecular weight excluding hydrogens is 214 g/mol. The van der Waals surface area contributed by atoms with Gasteiger partial charge in [-0.05, 0) is 32.8 Å². The second-order valence-electron chi connectivity index (χ2n) is 5.07. The maximum Gasteiger partial charge on any atom is 0.140 e.